The van der Waals surface area contributed by atoms with Crippen molar-refractivity contribution >= 4 is 41.8 Å². The van der Waals surface area contributed by atoms with E-state index < -0.39 is 0 Å². The van der Waals surface area contributed by atoms with Crippen molar-refractivity contribution in [3.05, 3.63) is 35.4 Å². The van der Waals surface area contributed by atoms with E-state index in [-0.39, 0.29) is 47.8 Å². The molecule has 1 fully saturated rings. The number of nitrogens with one attached hydrogen (secondary N) is 2. The highest BCUT2D eigenvalue weighted by atomic mass is 127. The van der Waals surface area contributed by atoms with Crippen LogP contribution in [0.1, 0.15) is 50.0 Å². The maximum Gasteiger partial charge on any atom is 0.338 e. The molecular formula is C21H33IN4O3. The number of esters is 1. The average Bonchev–Trinajstić information content (AvgIpc) is 3.14. The first-order chi connectivity index (χ1) is 13.4. The number of hydrogen-bond acceptors (Lipinski definition) is 4. The van der Waals surface area contributed by atoms with Crippen molar-refractivity contribution in [3.63, 3.8) is 0 Å². The molecule has 1 atom stereocenters. The predicted molar refractivity (Wildman–Crippen MR) is 126 cm³/mol. The van der Waals surface area contributed by atoms with Gasteiger partial charge in [-0.05, 0) is 38.0 Å². The second-order valence-electron chi connectivity index (χ2n) is 7.18. The highest BCUT2D eigenvalue weighted by Crippen LogP contribution is 2.13. The molecule has 0 radical (unpaired) electrons. The van der Waals surface area contributed by atoms with Gasteiger partial charge in [-0.2, -0.15) is 0 Å². The van der Waals surface area contributed by atoms with Crippen LogP contribution in [0.3, 0.4) is 0 Å². The molecule has 2 N–H and O–H groups in total. The van der Waals surface area contributed by atoms with E-state index in [1.54, 1.807) is 19.1 Å². The number of halogens is 1. The Balaban J connectivity index is 0.00000420. The number of carbonyl (C=O) groups is 2. The van der Waals surface area contributed by atoms with Gasteiger partial charge in [0.05, 0.1) is 18.7 Å². The molecule has 1 amide bonds. The predicted octanol–water partition coefficient (Wildman–Crippen LogP) is 2.79. The fourth-order valence-electron chi connectivity index (χ4n) is 3.09. The number of carbonyl (C=O) groups excluding carboxylic acids is 2. The molecule has 1 aliphatic heterocycles. The van der Waals surface area contributed by atoms with Gasteiger partial charge in [0.25, 0.3) is 0 Å². The van der Waals surface area contributed by atoms with E-state index in [1.165, 1.54) is 0 Å². The minimum Gasteiger partial charge on any atom is -0.462 e. The van der Waals surface area contributed by atoms with Crippen LogP contribution >= 0.6 is 24.0 Å². The maximum absolute atomic E-state index is 12.1. The second-order valence-corrected chi connectivity index (χ2v) is 7.18. The molecule has 2 rings (SSSR count). The first-order valence-electron chi connectivity index (χ1n) is 10.0. The van der Waals surface area contributed by atoms with Crippen LogP contribution < -0.4 is 10.6 Å². The lowest BCUT2D eigenvalue weighted by Crippen LogP contribution is -2.45. The van der Waals surface area contributed by atoms with Crippen molar-refractivity contribution in [2.75, 3.05) is 26.2 Å². The molecule has 1 saturated heterocycles. The molecule has 8 heteroatoms. The van der Waals surface area contributed by atoms with Crippen molar-refractivity contribution in [2.24, 2.45) is 10.9 Å². The number of aliphatic imine (C=N–C) groups is 1. The lowest BCUT2D eigenvalue weighted by atomic mass is 10.1. The summed E-state index contributed by atoms with van der Waals surface area (Å²) in [5, 5.41) is 6.68. The van der Waals surface area contributed by atoms with Gasteiger partial charge >= 0.3 is 5.97 Å². The third-order valence-electron chi connectivity index (χ3n) is 4.56. The fraction of sp³-hybridized carbons (Fsp3) is 0.571. The summed E-state index contributed by atoms with van der Waals surface area (Å²) in [7, 11) is 0. The van der Waals surface area contributed by atoms with E-state index in [4.69, 9.17) is 4.74 Å². The summed E-state index contributed by atoms with van der Waals surface area (Å²) < 4.78 is 5.00. The minimum atomic E-state index is -0.311. The number of guanidine groups is 1. The Kier molecular flexibility index (Phi) is 11.0. The molecule has 1 unspecified atom stereocenters. The molecule has 1 heterocycles. The van der Waals surface area contributed by atoms with Gasteiger partial charge in [0.2, 0.25) is 5.91 Å². The number of nitrogens with zero attached hydrogens (tertiary/aromatic N) is 2. The number of likely N-dealkylation sites (tertiary alicyclic amines) is 1. The van der Waals surface area contributed by atoms with Gasteiger partial charge < -0.3 is 20.3 Å². The standard InChI is InChI=1S/C21H32N4O3.HI/c1-5-22-21(24-18-11-12-25(14-18)19(26)15(3)4)23-13-16-7-9-17(10-8-16)20(27)28-6-2;/h7-10,15,18H,5-6,11-14H2,1-4H3,(H2,22,23,24);1H. The molecule has 162 valence electrons. The van der Waals surface area contributed by atoms with Crippen LogP contribution in [0.25, 0.3) is 0 Å². The monoisotopic (exact) mass is 516 g/mol. The van der Waals surface area contributed by atoms with E-state index in [9.17, 15) is 9.59 Å². The molecule has 0 spiro atoms. The van der Waals surface area contributed by atoms with Gasteiger partial charge in [0.15, 0.2) is 5.96 Å². The van der Waals surface area contributed by atoms with Crippen LogP contribution in [0.15, 0.2) is 29.3 Å². The summed E-state index contributed by atoms with van der Waals surface area (Å²) in [5.74, 6) is 0.654. The Morgan fingerprint density at radius 3 is 2.52 bits per heavy atom. The fourth-order valence-corrected chi connectivity index (χ4v) is 3.09. The number of amides is 1. The lowest BCUT2D eigenvalue weighted by molar-refractivity contribution is -0.133. The van der Waals surface area contributed by atoms with Crippen LogP contribution in [-0.2, 0) is 16.1 Å². The first-order valence-corrected chi connectivity index (χ1v) is 10.0. The average molecular weight is 516 g/mol. The minimum absolute atomic E-state index is 0. The summed E-state index contributed by atoms with van der Waals surface area (Å²) in [6, 6.07) is 7.49. The van der Waals surface area contributed by atoms with Gasteiger partial charge in [0.1, 0.15) is 0 Å². The zero-order chi connectivity index (χ0) is 20.5. The summed E-state index contributed by atoms with van der Waals surface area (Å²) in [4.78, 5) is 30.4. The van der Waals surface area contributed by atoms with Crippen LogP contribution in [0.2, 0.25) is 0 Å². The quantitative estimate of drug-likeness (QED) is 0.252. The van der Waals surface area contributed by atoms with Crippen molar-refractivity contribution in [1.82, 2.24) is 15.5 Å². The molecule has 0 bridgehead atoms. The van der Waals surface area contributed by atoms with E-state index in [0.29, 0.717) is 25.3 Å². The SMILES string of the molecule is CCNC(=NCc1ccc(C(=O)OCC)cc1)NC1CCN(C(=O)C(C)C)C1.I. The molecule has 0 aromatic heterocycles. The summed E-state index contributed by atoms with van der Waals surface area (Å²) in [5.41, 5.74) is 1.55. The van der Waals surface area contributed by atoms with Crippen LogP contribution in [0, 0.1) is 5.92 Å². The van der Waals surface area contributed by atoms with Crippen molar-refractivity contribution in [2.45, 2.75) is 46.7 Å². The van der Waals surface area contributed by atoms with Crippen molar-refractivity contribution in [3.8, 4) is 0 Å². The summed E-state index contributed by atoms with van der Waals surface area (Å²) in [6.45, 7) is 10.8. The first kappa shape index (κ1) is 25.2. The van der Waals surface area contributed by atoms with Gasteiger partial charge in [-0.1, -0.05) is 26.0 Å². The third-order valence-corrected chi connectivity index (χ3v) is 4.56. The third kappa shape index (κ3) is 7.83. The Hall–Kier alpha value is -1.84. The Morgan fingerprint density at radius 2 is 1.93 bits per heavy atom. The smallest absolute Gasteiger partial charge is 0.338 e. The Labute approximate surface area is 190 Å². The van der Waals surface area contributed by atoms with Gasteiger partial charge in [-0.25, -0.2) is 9.79 Å². The van der Waals surface area contributed by atoms with E-state index in [1.807, 2.05) is 37.8 Å². The van der Waals surface area contributed by atoms with Gasteiger partial charge in [-0.3, -0.25) is 4.79 Å². The Bertz CT molecular complexity index is 692. The molecule has 1 aromatic carbocycles. The second kappa shape index (κ2) is 12.7. The zero-order valence-electron chi connectivity index (χ0n) is 17.7. The molecule has 0 saturated carbocycles. The number of ether oxygens (including phenoxy) is 1. The molecule has 1 aliphatic rings. The van der Waals surface area contributed by atoms with Crippen LogP contribution in [-0.4, -0.2) is 55.0 Å². The van der Waals surface area contributed by atoms with Crippen LogP contribution in [0.5, 0.6) is 0 Å². The largest absolute Gasteiger partial charge is 0.462 e. The van der Waals surface area contributed by atoms with E-state index in [0.717, 1.165) is 31.0 Å². The summed E-state index contributed by atoms with van der Waals surface area (Å²) in [6.07, 6.45) is 0.914. The number of rotatable bonds is 7. The topological polar surface area (TPSA) is 83.0 Å². The molecular weight excluding hydrogens is 483 g/mol. The Morgan fingerprint density at radius 1 is 1.24 bits per heavy atom. The van der Waals surface area contributed by atoms with Crippen molar-refractivity contribution in [1.29, 1.82) is 0 Å². The normalized spacial score (nSPS) is 16.4. The highest BCUT2D eigenvalue weighted by molar-refractivity contribution is 14.0. The van der Waals surface area contributed by atoms with Gasteiger partial charge in [-0.15, -0.1) is 24.0 Å². The van der Waals surface area contributed by atoms with Gasteiger partial charge in [0, 0.05) is 31.6 Å². The number of benzene rings is 1. The molecule has 7 nitrogen and oxygen atoms in total. The lowest BCUT2D eigenvalue weighted by Gasteiger charge is -2.20. The zero-order valence-corrected chi connectivity index (χ0v) is 20.1. The van der Waals surface area contributed by atoms with E-state index in [2.05, 4.69) is 15.6 Å². The van der Waals surface area contributed by atoms with Crippen LogP contribution in [0.4, 0.5) is 0 Å². The van der Waals surface area contributed by atoms with E-state index >= 15 is 0 Å². The summed E-state index contributed by atoms with van der Waals surface area (Å²) >= 11 is 0. The maximum atomic E-state index is 12.1. The molecule has 29 heavy (non-hydrogen) atoms. The molecule has 0 aliphatic carbocycles. The molecule has 1 aromatic rings. The number of hydrogen-bond donors (Lipinski definition) is 2. The highest BCUT2D eigenvalue weighted by Gasteiger charge is 2.27. The van der Waals surface area contributed by atoms with Crippen molar-refractivity contribution < 1.29 is 14.3 Å².